The van der Waals surface area contributed by atoms with E-state index >= 15 is 0 Å². The van der Waals surface area contributed by atoms with Crippen LogP contribution in [-0.4, -0.2) is 24.8 Å². The molecule has 0 aliphatic heterocycles. The minimum Gasteiger partial charge on any atom is -0.338 e. The van der Waals surface area contributed by atoms with Crippen LogP contribution in [0.5, 0.6) is 0 Å². The van der Waals surface area contributed by atoms with E-state index in [1.807, 2.05) is 6.92 Å². The molecular formula is C8H15N3O3S. The Morgan fingerprint density at radius 2 is 2.13 bits per heavy atom. The highest BCUT2D eigenvalue weighted by Crippen LogP contribution is 2.19. The molecule has 1 rings (SSSR count). The van der Waals surface area contributed by atoms with E-state index in [1.54, 1.807) is 0 Å². The Morgan fingerprint density at radius 1 is 1.53 bits per heavy atom. The van der Waals surface area contributed by atoms with Gasteiger partial charge in [-0.25, -0.2) is 8.42 Å². The first-order valence-corrected chi connectivity index (χ1v) is 6.59. The number of nitrogens with zero attached hydrogens (tertiary/aromatic N) is 2. The predicted octanol–water partition coefficient (Wildman–Crippen LogP) is 0.585. The Kier molecular flexibility index (Phi) is 3.46. The Balaban J connectivity index is 2.94. The van der Waals surface area contributed by atoms with Gasteiger partial charge in [-0.2, -0.15) is 4.98 Å². The monoisotopic (exact) mass is 233 g/mol. The summed E-state index contributed by atoms with van der Waals surface area (Å²) in [6.07, 6.45) is 1.79. The van der Waals surface area contributed by atoms with E-state index in [2.05, 4.69) is 10.1 Å². The molecule has 0 aliphatic carbocycles. The highest BCUT2D eigenvalue weighted by atomic mass is 32.2. The average Bonchev–Trinajstić information content (AvgIpc) is 2.62. The van der Waals surface area contributed by atoms with Crippen LogP contribution in [0.3, 0.4) is 0 Å². The van der Waals surface area contributed by atoms with Gasteiger partial charge in [0.1, 0.15) is 5.25 Å². The topological polar surface area (TPSA) is 99.1 Å². The van der Waals surface area contributed by atoms with Crippen LogP contribution in [-0.2, 0) is 9.84 Å². The first kappa shape index (κ1) is 12.1. The van der Waals surface area contributed by atoms with Crippen LogP contribution in [0.25, 0.3) is 0 Å². The zero-order valence-corrected chi connectivity index (χ0v) is 9.78. The molecule has 0 aromatic carbocycles. The Hall–Kier alpha value is -0.950. The minimum absolute atomic E-state index is 0.163. The molecule has 15 heavy (non-hydrogen) atoms. The number of hydrogen-bond donors (Lipinski definition) is 1. The molecular weight excluding hydrogens is 218 g/mol. The molecule has 0 saturated carbocycles. The summed E-state index contributed by atoms with van der Waals surface area (Å²) in [5.74, 6) is 0.444. The lowest BCUT2D eigenvalue weighted by atomic mass is 10.2. The maximum Gasteiger partial charge on any atom is 0.243 e. The minimum atomic E-state index is -3.20. The van der Waals surface area contributed by atoms with Crippen molar-refractivity contribution in [3.63, 3.8) is 0 Å². The van der Waals surface area contributed by atoms with Crippen molar-refractivity contribution in [1.29, 1.82) is 0 Å². The van der Waals surface area contributed by atoms with E-state index in [0.29, 0.717) is 6.42 Å². The molecule has 0 fully saturated rings. The molecule has 0 saturated heterocycles. The second-order valence-electron chi connectivity index (χ2n) is 3.48. The van der Waals surface area contributed by atoms with Gasteiger partial charge in [-0.15, -0.1) is 0 Å². The summed E-state index contributed by atoms with van der Waals surface area (Å²) < 4.78 is 27.3. The lowest BCUT2D eigenvalue weighted by Crippen LogP contribution is -2.11. The molecule has 1 aromatic rings. The van der Waals surface area contributed by atoms with E-state index in [0.717, 1.165) is 6.26 Å². The molecule has 1 heterocycles. The van der Waals surface area contributed by atoms with Crippen LogP contribution in [0.2, 0.25) is 0 Å². The first-order valence-electron chi connectivity index (χ1n) is 4.64. The SMILES string of the molecule is CCC(N)c1nc(C(C)S(C)(=O)=O)no1. The molecule has 0 radical (unpaired) electrons. The van der Waals surface area contributed by atoms with Gasteiger partial charge in [-0.05, 0) is 13.3 Å². The first-order chi connectivity index (χ1) is 6.86. The number of rotatable bonds is 4. The Labute approximate surface area is 88.8 Å². The predicted molar refractivity (Wildman–Crippen MR) is 54.8 cm³/mol. The normalized spacial score (nSPS) is 16.3. The lowest BCUT2D eigenvalue weighted by Gasteiger charge is -2.02. The number of hydrogen-bond acceptors (Lipinski definition) is 6. The van der Waals surface area contributed by atoms with Crippen molar-refractivity contribution in [2.75, 3.05) is 6.26 Å². The fourth-order valence-electron chi connectivity index (χ4n) is 0.929. The molecule has 7 heteroatoms. The number of aromatic nitrogens is 2. The summed E-state index contributed by atoms with van der Waals surface area (Å²) >= 11 is 0. The lowest BCUT2D eigenvalue weighted by molar-refractivity contribution is 0.348. The van der Waals surface area contributed by atoms with Crippen LogP contribution in [0.15, 0.2) is 4.52 Å². The van der Waals surface area contributed by atoms with Gasteiger partial charge in [0.25, 0.3) is 0 Å². The van der Waals surface area contributed by atoms with Crippen molar-refractivity contribution in [1.82, 2.24) is 10.1 Å². The van der Waals surface area contributed by atoms with Crippen LogP contribution < -0.4 is 5.73 Å². The van der Waals surface area contributed by atoms with Crippen molar-refractivity contribution < 1.29 is 12.9 Å². The van der Waals surface area contributed by atoms with Crippen LogP contribution >= 0.6 is 0 Å². The van der Waals surface area contributed by atoms with Gasteiger partial charge in [0, 0.05) is 6.26 Å². The number of nitrogens with two attached hydrogens (primary N) is 1. The second-order valence-corrected chi connectivity index (χ2v) is 5.84. The van der Waals surface area contributed by atoms with Crippen molar-refractivity contribution in [3.05, 3.63) is 11.7 Å². The van der Waals surface area contributed by atoms with Gasteiger partial charge in [0.2, 0.25) is 5.89 Å². The number of sulfone groups is 1. The van der Waals surface area contributed by atoms with Crippen molar-refractivity contribution in [3.8, 4) is 0 Å². The molecule has 0 amide bonds. The summed E-state index contributed by atoms with van der Waals surface area (Å²) in [5.41, 5.74) is 5.67. The Morgan fingerprint density at radius 3 is 2.60 bits per heavy atom. The third-order valence-corrected chi connectivity index (χ3v) is 3.72. The van der Waals surface area contributed by atoms with Crippen molar-refractivity contribution in [2.45, 2.75) is 31.6 Å². The van der Waals surface area contributed by atoms with E-state index in [-0.39, 0.29) is 17.8 Å². The highest BCUT2D eigenvalue weighted by molar-refractivity contribution is 7.90. The average molecular weight is 233 g/mol. The molecule has 0 aliphatic rings. The maximum absolute atomic E-state index is 11.2. The smallest absolute Gasteiger partial charge is 0.243 e. The van der Waals surface area contributed by atoms with Gasteiger partial charge in [-0.3, -0.25) is 0 Å². The fourth-order valence-corrected chi connectivity index (χ4v) is 1.41. The largest absolute Gasteiger partial charge is 0.338 e. The van der Waals surface area contributed by atoms with Gasteiger partial charge < -0.3 is 10.3 Å². The molecule has 6 nitrogen and oxygen atoms in total. The molecule has 0 bridgehead atoms. The third kappa shape index (κ3) is 2.75. The van der Waals surface area contributed by atoms with Crippen LogP contribution in [0, 0.1) is 0 Å². The zero-order valence-electron chi connectivity index (χ0n) is 8.97. The van der Waals surface area contributed by atoms with E-state index in [4.69, 9.17) is 10.3 Å². The summed E-state index contributed by atoms with van der Waals surface area (Å²) in [6, 6.07) is -0.335. The van der Waals surface area contributed by atoms with Crippen molar-refractivity contribution >= 4 is 9.84 Å². The molecule has 2 N–H and O–H groups in total. The van der Waals surface area contributed by atoms with E-state index in [1.165, 1.54) is 6.92 Å². The summed E-state index contributed by atoms with van der Waals surface area (Å²) in [4.78, 5) is 3.97. The summed E-state index contributed by atoms with van der Waals surface area (Å²) in [7, 11) is -3.20. The van der Waals surface area contributed by atoms with E-state index in [9.17, 15) is 8.42 Å². The van der Waals surface area contributed by atoms with Crippen molar-refractivity contribution in [2.24, 2.45) is 5.73 Å². The van der Waals surface area contributed by atoms with Gasteiger partial charge in [0.15, 0.2) is 15.7 Å². The van der Waals surface area contributed by atoms with Crippen LogP contribution in [0.1, 0.15) is 43.3 Å². The fraction of sp³-hybridized carbons (Fsp3) is 0.750. The quantitative estimate of drug-likeness (QED) is 0.816. The van der Waals surface area contributed by atoms with Gasteiger partial charge >= 0.3 is 0 Å². The third-order valence-electron chi connectivity index (χ3n) is 2.22. The zero-order chi connectivity index (χ0) is 11.6. The summed E-state index contributed by atoms with van der Waals surface area (Å²) in [6.45, 7) is 3.40. The van der Waals surface area contributed by atoms with Gasteiger partial charge in [-0.1, -0.05) is 12.1 Å². The molecule has 86 valence electrons. The Bertz CT molecular complexity index is 426. The van der Waals surface area contributed by atoms with E-state index < -0.39 is 15.1 Å². The van der Waals surface area contributed by atoms with Gasteiger partial charge in [0.05, 0.1) is 6.04 Å². The molecule has 0 spiro atoms. The summed E-state index contributed by atoms with van der Waals surface area (Å²) in [5, 5.41) is 2.84. The van der Waals surface area contributed by atoms with Crippen LogP contribution in [0.4, 0.5) is 0 Å². The maximum atomic E-state index is 11.2. The second kappa shape index (κ2) is 4.28. The molecule has 2 unspecified atom stereocenters. The molecule has 2 atom stereocenters. The highest BCUT2D eigenvalue weighted by Gasteiger charge is 2.24. The standard InChI is InChI=1S/C8H15N3O3S/c1-4-6(9)8-10-7(11-14-8)5(2)15(3,12)13/h5-6H,4,9H2,1-3H3. The molecule has 1 aromatic heterocycles.